The maximum atomic E-state index is 13.1. The summed E-state index contributed by atoms with van der Waals surface area (Å²) in [6.45, 7) is 7.62. The normalized spacial score (nSPS) is 15.7. The number of hydrogen-bond donors (Lipinski definition) is 1. The molecular weight excluding hydrogens is 494 g/mol. The van der Waals surface area contributed by atoms with E-state index in [0.29, 0.717) is 42.9 Å². The number of carbonyl (C=O) groups is 2. The topological polar surface area (TPSA) is 105 Å². The number of halogens is 1. The number of benzene rings is 1. The summed E-state index contributed by atoms with van der Waals surface area (Å²) in [5, 5.41) is 3.47. The van der Waals surface area contributed by atoms with Crippen molar-refractivity contribution in [1.82, 2.24) is 29.7 Å². The maximum Gasteiger partial charge on any atom is 0.236 e. The van der Waals surface area contributed by atoms with Crippen molar-refractivity contribution in [3.05, 3.63) is 59.3 Å². The molecular formula is C26H32ClN7O3. The summed E-state index contributed by atoms with van der Waals surface area (Å²) in [5.41, 5.74) is 1.85. The van der Waals surface area contributed by atoms with Gasteiger partial charge in [0.2, 0.25) is 17.8 Å². The molecule has 4 rings (SSSR count). The lowest BCUT2D eigenvalue weighted by Gasteiger charge is -2.42. The number of amides is 2. The molecule has 1 aromatic carbocycles. The van der Waals surface area contributed by atoms with Crippen molar-refractivity contribution in [2.24, 2.45) is 0 Å². The van der Waals surface area contributed by atoms with Crippen LogP contribution in [-0.4, -0.2) is 69.0 Å². The molecule has 37 heavy (non-hydrogen) atoms. The highest BCUT2D eigenvalue weighted by atomic mass is 35.5. The van der Waals surface area contributed by atoms with Crippen LogP contribution in [0.3, 0.4) is 0 Å². The second kappa shape index (κ2) is 11.6. The van der Waals surface area contributed by atoms with Gasteiger partial charge in [0.1, 0.15) is 17.9 Å². The Morgan fingerprint density at radius 1 is 1.27 bits per heavy atom. The van der Waals surface area contributed by atoms with Gasteiger partial charge in [-0.25, -0.2) is 9.97 Å². The molecule has 10 nitrogen and oxygen atoms in total. The van der Waals surface area contributed by atoms with Crippen molar-refractivity contribution in [3.8, 4) is 11.7 Å². The van der Waals surface area contributed by atoms with Gasteiger partial charge in [-0.05, 0) is 23.6 Å². The van der Waals surface area contributed by atoms with E-state index in [1.165, 1.54) is 0 Å². The average Bonchev–Trinajstić information content (AvgIpc) is 3.42. The molecule has 1 aliphatic heterocycles. The molecule has 1 saturated heterocycles. The van der Waals surface area contributed by atoms with Gasteiger partial charge in [-0.3, -0.25) is 14.2 Å². The number of anilines is 1. The highest BCUT2D eigenvalue weighted by molar-refractivity contribution is 6.32. The number of carbonyl (C=O) groups excluding carboxylic acids is 2. The quantitative estimate of drug-likeness (QED) is 0.481. The molecule has 0 saturated carbocycles. The number of nitrogens with one attached hydrogen (secondary N) is 1. The van der Waals surface area contributed by atoms with Crippen LogP contribution in [0.4, 0.5) is 5.82 Å². The Bertz CT molecular complexity index is 1250. The van der Waals surface area contributed by atoms with Gasteiger partial charge < -0.3 is 19.9 Å². The maximum absolute atomic E-state index is 13.1. The number of piperazine rings is 1. The standard InChI is InChI=1S/C26H32ClN7O3/c1-17(2)21-14-30-26(33-8-7-28-16-33)31-25(21)34-10-9-32(18(3)35)15-20(34)12-24(36)29-13-19-5-6-23(37-4)22(27)11-19/h5-8,11,14,16-17,20H,9-10,12-13,15H2,1-4H3,(H,29,36). The fraction of sp³-hybridized carbons (Fsp3) is 0.423. The highest BCUT2D eigenvalue weighted by Crippen LogP contribution is 2.30. The van der Waals surface area contributed by atoms with Crippen LogP contribution < -0.4 is 15.0 Å². The zero-order chi connectivity index (χ0) is 26.5. The Kier molecular flexibility index (Phi) is 8.27. The molecule has 0 radical (unpaired) electrons. The third-order valence-electron chi connectivity index (χ3n) is 6.47. The van der Waals surface area contributed by atoms with Gasteiger partial charge in [0.25, 0.3) is 0 Å². The second-order valence-electron chi connectivity index (χ2n) is 9.34. The molecule has 3 aromatic rings. The zero-order valence-corrected chi connectivity index (χ0v) is 22.3. The van der Waals surface area contributed by atoms with E-state index in [2.05, 4.69) is 34.0 Å². The molecule has 1 atom stereocenters. The van der Waals surface area contributed by atoms with Crippen LogP contribution in [0.5, 0.6) is 5.75 Å². The lowest BCUT2D eigenvalue weighted by molar-refractivity contribution is -0.130. The minimum Gasteiger partial charge on any atom is -0.495 e. The fourth-order valence-corrected chi connectivity index (χ4v) is 4.69. The molecule has 1 aliphatic rings. The van der Waals surface area contributed by atoms with Crippen molar-refractivity contribution in [3.63, 3.8) is 0 Å². The van der Waals surface area contributed by atoms with Crippen LogP contribution in [0.1, 0.15) is 44.2 Å². The molecule has 0 bridgehead atoms. The summed E-state index contributed by atoms with van der Waals surface area (Å²) in [4.78, 5) is 42.7. The SMILES string of the molecule is COc1ccc(CNC(=O)CC2CN(C(C)=O)CCN2c2nc(-n3ccnc3)ncc2C(C)C)cc1Cl. The molecule has 196 valence electrons. The van der Waals surface area contributed by atoms with Gasteiger partial charge >= 0.3 is 0 Å². The molecule has 2 aromatic heterocycles. The number of nitrogens with zero attached hydrogens (tertiary/aromatic N) is 6. The van der Waals surface area contributed by atoms with Crippen LogP contribution in [0.25, 0.3) is 5.95 Å². The molecule has 1 unspecified atom stereocenters. The minimum atomic E-state index is -0.250. The first-order valence-corrected chi connectivity index (χ1v) is 12.6. The van der Waals surface area contributed by atoms with Gasteiger partial charge in [-0.1, -0.05) is 31.5 Å². The van der Waals surface area contributed by atoms with Crippen molar-refractivity contribution < 1.29 is 14.3 Å². The van der Waals surface area contributed by atoms with Crippen molar-refractivity contribution >= 4 is 29.2 Å². The van der Waals surface area contributed by atoms with E-state index in [1.54, 1.807) is 54.4 Å². The Morgan fingerprint density at radius 3 is 2.73 bits per heavy atom. The Balaban J connectivity index is 1.56. The van der Waals surface area contributed by atoms with Gasteiger partial charge in [0.05, 0.1) is 18.2 Å². The number of imidazole rings is 1. The largest absolute Gasteiger partial charge is 0.495 e. The van der Waals surface area contributed by atoms with Crippen LogP contribution in [-0.2, 0) is 16.1 Å². The van der Waals surface area contributed by atoms with E-state index in [0.717, 1.165) is 16.9 Å². The summed E-state index contributed by atoms with van der Waals surface area (Å²) in [7, 11) is 1.56. The van der Waals surface area contributed by atoms with Crippen molar-refractivity contribution in [2.45, 2.75) is 45.7 Å². The van der Waals surface area contributed by atoms with E-state index >= 15 is 0 Å². The average molecular weight is 526 g/mol. The molecule has 1 N–H and O–H groups in total. The fourth-order valence-electron chi connectivity index (χ4n) is 4.41. The lowest BCUT2D eigenvalue weighted by atomic mass is 10.0. The predicted octanol–water partition coefficient (Wildman–Crippen LogP) is 3.19. The number of hydrogen-bond acceptors (Lipinski definition) is 7. The summed E-state index contributed by atoms with van der Waals surface area (Å²) >= 11 is 6.22. The summed E-state index contributed by atoms with van der Waals surface area (Å²) in [5.74, 6) is 1.90. The lowest BCUT2D eigenvalue weighted by Crippen LogP contribution is -2.56. The third kappa shape index (κ3) is 6.19. The second-order valence-corrected chi connectivity index (χ2v) is 9.74. The first-order chi connectivity index (χ1) is 17.8. The molecule has 0 aliphatic carbocycles. The van der Waals surface area contributed by atoms with E-state index in [4.69, 9.17) is 21.3 Å². The van der Waals surface area contributed by atoms with Gasteiger partial charge in [0.15, 0.2) is 0 Å². The summed E-state index contributed by atoms with van der Waals surface area (Å²) < 4.78 is 6.95. The van der Waals surface area contributed by atoms with Crippen LogP contribution in [0.2, 0.25) is 5.02 Å². The van der Waals surface area contributed by atoms with Crippen LogP contribution >= 0.6 is 11.6 Å². The first kappa shape index (κ1) is 26.4. The van der Waals surface area contributed by atoms with Crippen LogP contribution in [0, 0.1) is 0 Å². The van der Waals surface area contributed by atoms with E-state index in [-0.39, 0.29) is 30.2 Å². The molecule has 0 spiro atoms. The van der Waals surface area contributed by atoms with Gasteiger partial charge in [-0.2, -0.15) is 4.98 Å². The highest BCUT2D eigenvalue weighted by Gasteiger charge is 2.33. The van der Waals surface area contributed by atoms with Crippen LogP contribution in [0.15, 0.2) is 43.1 Å². The van der Waals surface area contributed by atoms with E-state index in [1.807, 2.05) is 12.3 Å². The van der Waals surface area contributed by atoms with Gasteiger partial charge in [-0.15, -0.1) is 0 Å². The summed E-state index contributed by atoms with van der Waals surface area (Å²) in [6.07, 6.45) is 7.16. The predicted molar refractivity (Wildman–Crippen MR) is 141 cm³/mol. The number of aromatic nitrogens is 4. The smallest absolute Gasteiger partial charge is 0.236 e. The van der Waals surface area contributed by atoms with Gasteiger partial charge in [0, 0.05) is 63.7 Å². The van der Waals surface area contributed by atoms with Crippen molar-refractivity contribution in [1.29, 1.82) is 0 Å². The molecule has 1 fully saturated rings. The monoisotopic (exact) mass is 525 g/mol. The molecule has 3 heterocycles. The van der Waals surface area contributed by atoms with E-state index < -0.39 is 0 Å². The first-order valence-electron chi connectivity index (χ1n) is 12.2. The molecule has 2 amide bonds. The zero-order valence-electron chi connectivity index (χ0n) is 21.5. The number of ether oxygens (including phenoxy) is 1. The number of methoxy groups -OCH3 is 1. The van der Waals surface area contributed by atoms with E-state index in [9.17, 15) is 9.59 Å². The third-order valence-corrected chi connectivity index (χ3v) is 6.76. The Labute approximate surface area is 221 Å². The summed E-state index contributed by atoms with van der Waals surface area (Å²) in [6, 6.07) is 5.17. The Morgan fingerprint density at radius 2 is 2.08 bits per heavy atom. The molecule has 11 heteroatoms. The Hall–Kier alpha value is -3.66. The number of rotatable bonds is 8. The van der Waals surface area contributed by atoms with Crippen molar-refractivity contribution in [2.75, 3.05) is 31.6 Å². The minimum absolute atomic E-state index is 0.0104.